The molecule has 1 aromatic heterocycles. The monoisotopic (exact) mass is 267 g/mol. The van der Waals surface area contributed by atoms with E-state index in [0.29, 0.717) is 12.4 Å². The molecule has 6 heteroatoms. The summed E-state index contributed by atoms with van der Waals surface area (Å²) in [6, 6.07) is 0.244. The van der Waals surface area contributed by atoms with Gasteiger partial charge in [-0.1, -0.05) is 13.8 Å². The zero-order valence-electron chi connectivity index (χ0n) is 12.5. The van der Waals surface area contributed by atoms with Crippen molar-refractivity contribution in [1.82, 2.24) is 9.97 Å². The van der Waals surface area contributed by atoms with Gasteiger partial charge in [-0.25, -0.2) is 15.8 Å². The molecule has 0 aliphatic heterocycles. The Morgan fingerprint density at radius 1 is 1.37 bits per heavy atom. The normalized spacial score (nSPS) is 12.6. The molecule has 0 amide bonds. The summed E-state index contributed by atoms with van der Waals surface area (Å²) in [7, 11) is 1.71. The highest BCUT2D eigenvalue weighted by molar-refractivity contribution is 5.60. The molecule has 0 spiro atoms. The second-order valence-corrected chi connectivity index (χ2v) is 4.85. The Bertz CT molecular complexity index is 397. The predicted molar refractivity (Wildman–Crippen MR) is 78.3 cm³/mol. The van der Waals surface area contributed by atoms with Gasteiger partial charge in [0.05, 0.1) is 12.6 Å². The molecule has 3 N–H and O–H groups in total. The molecule has 0 aliphatic rings. The molecule has 0 saturated heterocycles. The molecule has 0 saturated carbocycles. The maximum atomic E-state index is 5.55. The summed E-state index contributed by atoms with van der Waals surface area (Å²) < 4.78 is 5.24. The average Bonchev–Trinajstić information content (AvgIpc) is 2.39. The van der Waals surface area contributed by atoms with Crippen molar-refractivity contribution in [3.05, 3.63) is 11.9 Å². The highest BCUT2D eigenvalue weighted by atomic mass is 16.5. The zero-order chi connectivity index (χ0) is 14.4. The van der Waals surface area contributed by atoms with Crippen LogP contribution in [0.25, 0.3) is 0 Å². The maximum absolute atomic E-state index is 5.55. The number of rotatable bonds is 7. The van der Waals surface area contributed by atoms with Crippen LogP contribution >= 0.6 is 0 Å². The maximum Gasteiger partial charge on any atom is 0.148 e. The molecule has 0 bridgehead atoms. The molecule has 108 valence electrons. The van der Waals surface area contributed by atoms with Crippen LogP contribution in [0, 0.1) is 0 Å². The Kier molecular flexibility index (Phi) is 5.98. The minimum Gasteiger partial charge on any atom is -0.383 e. The number of nitrogens with one attached hydrogen (secondary N) is 1. The molecule has 0 aliphatic carbocycles. The lowest BCUT2D eigenvalue weighted by molar-refractivity contribution is 0.181. The van der Waals surface area contributed by atoms with Crippen molar-refractivity contribution >= 4 is 11.6 Å². The minimum atomic E-state index is 0.244. The van der Waals surface area contributed by atoms with E-state index in [2.05, 4.69) is 48.0 Å². The average molecular weight is 267 g/mol. The van der Waals surface area contributed by atoms with E-state index in [0.717, 1.165) is 17.9 Å². The molecule has 0 radical (unpaired) electrons. The molecule has 6 nitrogen and oxygen atoms in total. The largest absolute Gasteiger partial charge is 0.383 e. The van der Waals surface area contributed by atoms with Crippen molar-refractivity contribution in [2.75, 3.05) is 30.6 Å². The molecule has 0 fully saturated rings. The van der Waals surface area contributed by atoms with Crippen molar-refractivity contribution in [2.45, 2.75) is 39.7 Å². The van der Waals surface area contributed by atoms with Gasteiger partial charge < -0.3 is 15.1 Å². The van der Waals surface area contributed by atoms with Gasteiger partial charge in [0.1, 0.15) is 18.0 Å². The van der Waals surface area contributed by atoms with Crippen molar-refractivity contribution in [3.8, 4) is 0 Å². The van der Waals surface area contributed by atoms with Crippen molar-refractivity contribution in [1.29, 1.82) is 0 Å². The number of ether oxygens (including phenoxy) is 1. The number of likely N-dealkylation sites (N-methyl/N-ethyl adjacent to an activating group) is 1. The summed E-state index contributed by atoms with van der Waals surface area (Å²) in [5, 5.41) is 0. The van der Waals surface area contributed by atoms with Gasteiger partial charge in [-0.2, -0.15) is 0 Å². The van der Waals surface area contributed by atoms with Crippen LogP contribution in [0.3, 0.4) is 0 Å². The summed E-state index contributed by atoms with van der Waals surface area (Å²) in [5.41, 5.74) is 3.70. The quantitative estimate of drug-likeness (QED) is 0.579. The lowest BCUT2D eigenvalue weighted by Gasteiger charge is -2.31. The van der Waals surface area contributed by atoms with Crippen molar-refractivity contribution < 1.29 is 4.74 Å². The molecule has 19 heavy (non-hydrogen) atoms. The summed E-state index contributed by atoms with van der Waals surface area (Å²) in [6.45, 7) is 9.95. The fourth-order valence-electron chi connectivity index (χ4n) is 2.26. The van der Waals surface area contributed by atoms with Crippen LogP contribution in [0.1, 0.15) is 39.2 Å². The molecule has 1 atom stereocenters. The number of aromatic nitrogens is 2. The highest BCUT2D eigenvalue weighted by Gasteiger charge is 2.22. The summed E-state index contributed by atoms with van der Waals surface area (Å²) >= 11 is 0. The van der Waals surface area contributed by atoms with E-state index in [4.69, 9.17) is 10.6 Å². The number of anilines is 2. The van der Waals surface area contributed by atoms with Crippen LogP contribution in [0.2, 0.25) is 0 Å². The van der Waals surface area contributed by atoms with Crippen LogP contribution in [-0.4, -0.2) is 36.3 Å². The van der Waals surface area contributed by atoms with Gasteiger partial charge >= 0.3 is 0 Å². The first kappa shape index (κ1) is 15.7. The van der Waals surface area contributed by atoms with E-state index >= 15 is 0 Å². The van der Waals surface area contributed by atoms with Crippen LogP contribution in [0.15, 0.2) is 6.33 Å². The number of hydrogen-bond acceptors (Lipinski definition) is 6. The fraction of sp³-hybridized carbons (Fsp3) is 0.692. The van der Waals surface area contributed by atoms with Gasteiger partial charge in [0.15, 0.2) is 0 Å². The van der Waals surface area contributed by atoms with Gasteiger partial charge in [-0.05, 0) is 19.8 Å². The topological polar surface area (TPSA) is 76.3 Å². The highest BCUT2D eigenvalue weighted by Crippen LogP contribution is 2.31. The molecule has 1 aromatic rings. The Morgan fingerprint density at radius 2 is 2.05 bits per heavy atom. The summed E-state index contributed by atoms with van der Waals surface area (Å²) in [6.07, 6.45) is 1.54. The first-order valence-corrected chi connectivity index (χ1v) is 6.63. The molecular formula is C13H25N5O. The number of hydrogen-bond donors (Lipinski definition) is 2. The second-order valence-electron chi connectivity index (χ2n) is 4.85. The van der Waals surface area contributed by atoms with Crippen molar-refractivity contribution in [3.63, 3.8) is 0 Å². The summed E-state index contributed by atoms with van der Waals surface area (Å²) in [5.74, 6) is 7.44. The van der Waals surface area contributed by atoms with Crippen LogP contribution < -0.4 is 16.2 Å². The van der Waals surface area contributed by atoms with E-state index in [-0.39, 0.29) is 12.0 Å². The van der Waals surface area contributed by atoms with Crippen LogP contribution in [0.4, 0.5) is 11.6 Å². The Hall–Kier alpha value is -1.40. The van der Waals surface area contributed by atoms with Crippen LogP contribution in [-0.2, 0) is 4.74 Å². The second kappa shape index (κ2) is 7.25. The van der Waals surface area contributed by atoms with Gasteiger partial charge in [-0.3, -0.25) is 0 Å². The van der Waals surface area contributed by atoms with Gasteiger partial charge in [0, 0.05) is 19.2 Å². The van der Waals surface area contributed by atoms with Gasteiger partial charge in [0.25, 0.3) is 0 Å². The van der Waals surface area contributed by atoms with E-state index < -0.39 is 0 Å². The zero-order valence-corrected chi connectivity index (χ0v) is 12.5. The molecule has 1 unspecified atom stereocenters. The molecule has 1 heterocycles. The Morgan fingerprint density at radius 3 is 2.53 bits per heavy atom. The van der Waals surface area contributed by atoms with E-state index in [1.54, 1.807) is 13.4 Å². The first-order chi connectivity index (χ1) is 9.06. The number of hydrazine groups is 1. The van der Waals surface area contributed by atoms with E-state index in [1.807, 2.05) is 0 Å². The van der Waals surface area contributed by atoms with Gasteiger partial charge in [-0.15, -0.1) is 0 Å². The third kappa shape index (κ3) is 3.54. The lowest BCUT2D eigenvalue weighted by atomic mass is 10.0. The van der Waals surface area contributed by atoms with Crippen LogP contribution in [0.5, 0.6) is 0 Å². The summed E-state index contributed by atoms with van der Waals surface area (Å²) in [4.78, 5) is 10.9. The molecule has 1 rings (SSSR count). The third-order valence-corrected chi connectivity index (χ3v) is 3.13. The molecule has 0 aromatic carbocycles. The Balaban J connectivity index is 3.22. The lowest BCUT2D eigenvalue weighted by Crippen LogP contribution is -2.37. The first-order valence-electron chi connectivity index (χ1n) is 6.63. The van der Waals surface area contributed by atoms with Crippen molar-refractivity contribution in [2.24, 2.45) is 5.84 Å². The molecular weight excluding hydrogens is 242 g/mol. The number of nitrogen functional groups attached to an aromatic ring is 1. The fourth-order valence-corrected chi connectivity index (χ4v) is 2.26. The predicted octanol–water partition coefficient (Wildman–Crippen LogP) is 1.75. The van der Waals surface area contributed by atoms with E-state index in [1.165, 1.54) is 0 Å². The van der Waals surface area contributed by atoms with E-state index in [9.17, 15) is 0 Å². The van der Waals surface area contributed by atoms with Gasteiger partial charge in [0.2, 0.25) is 0 Å². The third-order valence-electron chi connectivity index (χ3n) is 3.13. The SMILES string of the molecule is CCN(c1ncnc(NN)c1C(C)C)C(C)COC. The standard InChI is InChI=1S/C13H25N5O/c1-6-18(10(4)7-19-5)13-11(9(2)3)12(17-14)15-8-16-13/h8-10H,6-7,14H2,1-5H3,(H,15,16,17). The smallest absolute Gasteiger partial charge is 0.148 e. The number of nitrogens with two attached hydrogens (primary N) is 1. The number of nitrogens with zero attached hydrogens (tertiary/aromatic N) is 3. The minimum absolute atomic E-state index is 0.244. The Labute approximate surface area is 115 Å². The number of methoxy groups -OCH3 is 1.